The van der Waals surface area contributed by atoms with Crippen molar-refractivity contribution in [3.63, 3.8) is 0 Å². The number of esters is 1. The molecule has 56 heavy (non-hydrogen) atoms. The van der Waals surface area contributed by atoms with E-state index in [4.69, 9.17) is 32.7 Å². The summed E-state index contributed by atoms with van der Waals surface area (Å²) >= 11 is 0.775. The van der Waals surface area contributed by atoms with Crippen molar-refractivity contribution in [2.75, 3.05) is 11.5 Å². The van der Waals surface area contributed by atoms with Crippen LogP contribution in [0.1, 0.15) is 88.5 Å². The van der Waals surface area contributed by atoms with Crippen molar-refractivity contribution < 1.29 is 60.9 Å². The van der Waals surface area contributed by atoms with Crippen LogP contribution in [0.15, 0.2) is 47.4 Å². The predicted octanol–water partition coefficient (Wildman–Crippen LogP) is 7.33. The van der Waals surface area contributed by atoms with Gasteiger partial charge in [0, 0.05) is 6.20 Å². The predicted molar refractivity (Wildman–Crippen MR) is 204 cm³/mol. The summed E-state index contributed by atoms with van der Waals surface area (Å²) in [4.78, 5) is 69.7. The summed E-state index contributed by atoms with van der Waals surface area (Å²) in [5.41, 5.74) is -4.21. The maximum atomic E-state index is 16.5. The lowest BCUT2D eigenvalue weighted by Gasteiger charge is -2.28. The highest BCUT2D eigenvalue weighted by Crippen LogP contribution is 2.50. The van der Waals surface area contributed by atoms with Gasteiger partial charge < -0.3 is 28.2 Å². The number of para-hydroxylation sites is 1. The molecule has 20 heteroatoms. The van der Waals surface area contributed by atoms with Crippen molar-refractivity contribution in [3.05, 3.63) is 53.1 Å². The smallest absolute Gasteiger partial charge is 0.462 e. The number of aromatic nitrogens is 2. The van der Waals surface area contributed by atoms with Crippen molar-refractivity contribution in [2.24, 2.45) is 0 Å². The fourth-order valence-electron chi connectivity index (χ4n) is 4.68. The Kier molecular flexibility index (Phi) is 15.2. The second-order valence-electron chi connectivity index (χ2n) is 15.9. The summed E-state index contributed by atoms with van der Waals surface area (Å²) in [6.07, 6.45) is -6.75. The van der Waals surface area contributed by atoms with Gasteiger partial charge in [-0.1, -0.05) is 18.2 Å². The number of benzene rings is 1. The van der Waals surface area contributed by atoms with Crippen molar-refractivity contribution in [1.29, 1.82) is 0 Å². The molecular weight excluding hydrogens is 778 g/mol. The lowest BCUT2D eigenvalue weighted by Crippen LogP contribution is -2.45. The lowest BCUT2D eigenvalue weighted by molar-refractivity contribution is -0.149. The van der Waals surface area contributed by atoms with Crippen LogP contribution in [0.5, 0.6) is 5.75 Å². The number of ether oxygens (including phenoxy) is 5. The van der Waals surface area contributed by atoms with Gasteiger partial charge in [0.2, 0.25) is 0 Å². The van der Waals surface area contributed by atoms with Crippen LogP contribution in [-0.4, -0.2) is 86.9 Å². The fraction of sp³-hybridized carbons (Fsp3) is 0.611. The molecule has 1 aliphatic rings. The van der Waals surface area contributed by atoms with Gasteiger partial charge in [-0.25, -0.2) is 28.1 Å². The van der Waals surface area contributed by atoms with E-state index in [2.05, 4.69) is 10.1 Å². The molecule has 0 aliphatic carbocycles. The molecule has 2 amide bonds. The molecule has 0 radical (unpaired) electrons. The Morgan fingerprint density at radius 2 is 1.46 bits per heavy atom. The molecule has 1 aromatic carbocycles. The van der Waals surface area contributed by atoms with Crippen molar-refractivity contribution in [1.82, 2.24) is 14.6 Å². The van der Waals surface area contributed by atoms with Crippen LogP contribution >= 0.6 is 19.5 Å². The van der Waals surface area contributed by atoms with Crippen LogP contribution in [0, 0.1) is 0 Å². The lowest BCUT2D eigenvalue weighted by atomic mass is 10.1. The van der Waals surface area contributed by atoms with E-state index >= 15 is 4.39 Å². The van der Waals surface area contributed by atoms with Crippen LogP contribution in [0.3, 0.4) is 0 Å². The van der Waals surface area contributed by atoms with Crippen molar-refractivity contribution >= 4 is 49.6 Å². The highest BCUT2D eigenvalue weighted by atomic mass is 32.2. The molecule has 17 nitrogen and oxygen atoms in total. The molecule has 1 aromatic heterocycles. The molecule has 2 heterocycles. The first-order chi connectivity index (χ1) is 25.7. The maximum Gasteiger partial charge on any atom is 0.509 e. The van der Waals surface area contributed by atoms with Crippen molar-refractivity contribution in [2.45, 2.75) is 135 Å². The monoisotopic (exact) mass is 830 g/mol. The van der Waals surface area contributed by atoms with Gasteiger partial charge in [0.1, 0.15) is 34.0 Å². The largest absolute Gasteiger partial charge is 0.509 e. The Labute approximate surface area is 329 Å². The van der Waals surface area contributed by atoms with Gasteiger partial charge in [0.25, 0.3) is 0 Å². The van der Waals surface area contributed by atoms with E-state index in [0.29, 0.717) is 4.90 Å². The van der Waals surface area contributed by atoms with E-state index < -0.39 is 102 Å². The van der Waals surface area contributed by atoms with Crippen LogP contribution < -0.4 is 20.2 Å². The Balaban J connectivity index is 2.00. The molecule has 1 saturated heterocycles. The Morgan fingerprint density at radius 3 is 1.96 bits per heavy atom. The number of nitrogens with zero attached hydrogens (tertiary/aromatic N) is 3. The topological polar surface area (TPSA) is 200 Å². The quantitative estimate of drug-likeness (QED) is 0.127. The number of hydrogen-bond donors (Lipinski definition) is 1. The molecular formula is C36H52FN4O13PS. The molecule has 0 spiro atoms. The Morgan fingerprint density at radius 1 is 0.911 bits per heavy atom. The van der Waals surface area contributed by atoms with E-state index in [1.165, 1.54) is 19.1 Å². The van der Waals surface area contributed by atoms with Crippen LogP contribution in [-0.2, 0) is 37.6 Å². The summed E-state index contributed by atoms with van der Waals surface area (Å²) in [6.45, 7) is 18.2. The van der Waals surface area contributed by atoms with Gasteiger partial charge in [-0.15, -0.1) is 11.8 Å². The number of alkyl halides is 1. The molecule has 0 saturated carbocycles. The Hall–Kier alpha value is -4.19. The number of imide groups is 1. The maximum absolute atomic E-state index is 16.5. The number of anilines is 1. The number of halogens is 1. The molecule has 2 aromatic rings. The van der Waals surface area contributed by atoms with Crippen LogP contribution in [0.4, 0.5) is 24.6 Å². The van der Waals surface area contributed by atoms with E-state index in [9.17, 15) is 28.5 Å². The molecule has 1 aliphatic heterocycles. The van der Waals surface area contributed by atoms with E-state index in [1.807, 2.05) is 0 Å². The van der Waals surface area contributed by atoms with Crippen molar-refractivity contribution in [3.8, 4) is 5.75 Å². The summed E-state index contributed by atoms with van der Waals surface area (Å²) < 4.78 is 69.7. The van der Waals surface area contributed by atoms with Gasteiger partial charge in [-0.3, -0.25) is 13.9 Å². The molecule has 1 fully saturated rings. The molecule has 3 rings (SSSR count). The van der Waals surface area contributed by atoms with Crippen LogP contribution in [0.25, 0.3) is 0 Å². The first-order valence-electron chi connectivity index (χ1n) is 17.7. The normalized spacial score (nSPS) is 20.3. The number of nitrogens with one attached hydrogen (secondary N) is 1. The van der Waals surface area contributed by atoms with Crippen LogP contribution in [0.2, 0.25) is 0 Å². The first kappa shape index (κ1) is 46.2. The summed E-state index contributed by atoms with van der Waals surface area (Å²) in [5, 5.41) is -0.0665. The standard InChI is InChI=1S/C36H52FN4O13PS/c1-21(2)49-29(42)22(3)39-55(47,54-23-16-14-13-15-17-23)48-20-24-27(50-33(46)53-36(10,11)12)26(37)28(56-24)40-19-18-25(38-30(40)43)41(31(44)51-34(4,5)6)32(45)52-35(7,8)9/h13-19,21-22,24,26-28H,20H2,1-12H3,(H,39,47)/t22?,24-,26+,27-,28-,55?/m1/s1. The first-order valence-corrected chi connectivity index (χ1v) is 20.2. The van der Waals surface area contributed by atoms with E-state index in [0.717, 1.165) is 28.6 Å². The number of thioether (sulfide) groups is 1. The molecule has 312 valence electrons. The number of carbonyl (C=O) groups excluding carboxylic acids is 4. The molecule has 1 N–H and O–H groups in total. The number of hydrogen-bond acceptors (Lipinski definition) is 15. The van der Waals surface area contributed by atoms with Gasteiger partial charge in [-0.05, 0) is 101 Å². The third kappa shape index (κ3) is 14.1. The zero-order valence-corrected chi connectivity index (χ0v) is 35.3. The third-order valence-electron chi connectivity index (χ3n) is 6.79. The SMILES string of the molecule is CC(C)OC(=O)C(C)NP(=O)(OC[C@H]1S[C@@H](n2ccc(N(C(=O)OC(C)(C)C)C(=O)OC(C)(C)C)nc2=O)[C@@H](F)[C@@H]1OC(=O)OC(C)(C)C)Oc1ccccc1. The summed E-state index contributed by atoms with van der Waals surface area (Å²) in [5.74, 6) is -1.11. The number of carbonyl (C=O) groups is 4. The third-order valence-corrected chi connectivity index (χ3v) is 9.96. The molecule has 2 unspecified atom stereocenters. The van der Waals surface area contributed by atoms with Gasteiger partial charge in [0.15, 0.2) is 18.1 Å². The minimum atomic E-state index is -4.46. The number of amides is 2. The average Bonchev–Trinajstić information content (AvgIpc) is 3.31. The van der Waals surface area contributed by atoms with E-state index in [1.54, 1.807) is 94.4 Å². The highest BCUT2D eigenvalue weighted by Gasteiger charge is 2.50. The summed E-state index contributed by atoms with van der Waals surface area (Å²) in [6, 6.07) is 7.84. The zero-order chi connectivity index (χ0) is 42.4. The second-order valence-corrected chi connectivity index (χ2v) is 18.9. The second kappa shape index (κ2) is 18.4. The molecule has 0 bridgehead atoms. The fourth-order valence-corrected chi connectivity index (χ4v) is 7.76. The average molecular weight is 831 g/mol. The highest BCUT2D eigenvalue weighted by molar-refractivity contribution is 8.00. The van der Waals surface area contributed by atoms with Gasteiger partial charge >= 0.3 is 37.7 Å². The summed E-state index contributed by atoms with van der Waals surface area (Å²) in [7, 11) is -4.46. The molecule has 6 atom stereocenters. The minimum absolute atomic E-state index is 0.110. The van der Waals surface area contributed by atoms with Gasteiger partial charge in [-0.2, -0.15) is 15.0 Å². The zero-order valence-electron chi connectivity index (χ0n) is 33.6. The Bertz CT molecular complexity index is 1780. The minimum Gasteiger partial charge on any atom is -0.462 e. The number of rotatable bonds is 12. The van der Waals surface area contributed by atoms with Gasteiger partial charge in [0.05, 0.1) is 18.0 Å². The van der Waals surface area contributed by atoms with E-state index in [-0.39, 0.29) is 5.75 Å².